The van der Waals surface area contributed by atoms with E-state index in [2.05, 4.69) is 25.7 Å². The fourth-order valence-electron chi connectivity index (χ4n) is 9.98. The fourth-order valence-corrected chi connectivity index (χ4v) is 9.98. The molecule has 5 aromatic rings. The van der Waals surface area contributed by atoms with E-state index in [0.29, 0.717) is 80.0 Å². The van der Waals surface area contributed by atoms with Crippen LogP contribution in [0.15, 0.2) is 47.7 Å². The van der Waals surface area contributed by atoms with Gasteiger partial charge in [-0.25, -0.2) is 23.1 Å². The van der Waals surface area contributed by atoms with E-state index in [1.54, 1.807) is 41.0 Å². The number of benzene rings is 1. The van der Waals surface area contributed by atoms with Gasteiger partial charge in [-0.3, -0.25) is 38.3 Å². The Labute approximate surface area is 353 Å². The number of rotatable bonds is 10. The predicted molar refractivity (Wildman–Crippen MR) is 218 cm³/mol. The van der Waals surface area contributed by atoms with Crippen molar-refractivity contribution in [3.63, 3.8) is 0 Å². The van der Waals surface area contributed by atoms with E-state index in [1.807, 2.05) is 6.07 Å². The van der Waals surface area contributed by atoms with Gasteiger partial charge in [0.2, 0.25) is 11.8 Å². The molecule has 62 heavy (non-hydrogen) atoms. The summed E-state index contributed by atoms with van der Waals surface area (Å²) in [6.07, 6.45) is 7.46. The monoisotopic (exact) mass is 855 g/mol. The second-order valence-electron chi connectivity index (χ2n) is 17.1. The molecular formula is C42H47F2N11O7. The number of hydrogen-bond donors (Lipinski definition) is 2. The second-order valence-corrected chi connectivity index (χ2v) is 17.1. The van der Waals surface area contributed by atoms with Gasteiger partial charge in [-0.15, -0.1) is 0 Å². The van der Waals surface area contributed by atoms with Gasteiger partial charge in [-0.1, -0.05) is 6.07 Å². The van der Waals surface area contributed by atoms with Crippen molar-refractivity contribution in [2.24, 2.45) is 13.0 Å². The summed E-state index contributed by atoms with van der Waals surface area (Å²) in [7, 11) is 1.58. The lowest BCUT2D eigenvalue weighted by Crippen LogP contribution is -2.44. The third-order valence-corrected chi connectivity index (χ3v) is 13.4. The minimum atomic E-state index is -2.89. The summed E-state index contributed by atoms with van der Waals surface area (Å²) in [5.41, 5.74) is 0.814. The highest BCUT2D eigenvalue weighted by Crippen LogP contribution is 2.36. The molecule has 0 spiro atoms. The van der Waals surface area contributed by atoms with Gasteiger partial charge in [0.1, 0.15) is 17.4 Å². The SMILES string of the molecule is Cn1c(=O)n(C2CCC(=O)NC2=O)c2cccc(C(=O)N3CCC(OC[C@H]4CC[C@H](n5cc(NC(=O)c6cnn7ccc(N8C[C@H]9C[C@@H]8CO9)nc67)c(C(F)F)n5)CC4)CC3)c21. The Kier molecular flexibility index (Phi) is 10.4. The summed E-state index contributed by atoms with van der Waals surface area (Å²) >= 11 is 0. The third-order valence-electron chi connectivity index (χ3n) is 13.4. The molecule has 1 unspecified atom stereocenters. The maximum atomic E-state index is 14.3. The molecule has 4 amide bonds. The van der Waals surface area contributed by atoms with E-state index >= 15 is 0 Å². The van der Waals surface area contributed by atoms with Crippen LogP contribution in [0.1, 0.15) is 103 Å². The van der Waals surface area contributed by atoms with E-state index in [0.717, 1.165) is 25.8 Å². The van der Waals surface area contributed by atoms with Crippen LogP contribution < -0.4 is 21.2 Å². The molecule has 1 aliphatic carbocycles. The lowest BCUT2D eigenvalue weighted by molar-refractivity contribution is -0.135. The van der Waals surface area contributed by atoms with Gasteiger partial charge in [0, 0.05) is 52.1 Å². The van der Waals surface area contributed by atoms with Crippen molar-refractivity contribution >= 4 is 51.8 Å². The zero-order chi connectivity index (χ0) is 42.8. The van der Waals surface area contributed by atoms with Crippen molar-refractivity contribution in [3.05, 3.63) is 70.2 Å². The van der Waals surface area contributed by atoms with Crippen LogP contribution in [-0.2, 0) is 26.1 Å². The van der Waals surface area contributed by atoms with Crippen LogP contribution in [0.2, 0.25) is 0 Å². The molecular weight excluding hydrogens is 809 g/mol. The number of carbonyl (C=O) groups excluding carboxylic acids is 4. The number of amides is 4. The number of hydrogen-bond acceptors (Lipinski definition) is 11. The first kappa shape index (κ1) is 40.1. The molecule has 4 saturated heterocycles. The molecule has 4 aromatic heterocycles. The Balaban J connectivity index is 0.726. The van der Waals surface area contributed by atoms with E-state index in [1.165, 1.54) is 26.0 Å². The van der Waals surface area contributed by atoms with Crippen LogP contribution in [0.3, 0.4) is 0 Å². The Morgan fingerprint density at radius 2 is 1.82 bits per heavy atom. The number of alkyl halides is 2. The molecule has 3 atom stereocenters. The van der Waals surface area contributed by atoms with Gasteiger partial charge in [-0.2, -0.15) is 10.2 Å². The molecule has 1 aromatic carbocycles. The van der Waals surface area contributed by atoms with Crippen LogP contribution in [0.5, 0.6) is 0 Å². The van der Waals surface area contributed by atoms with Gasteiger partial charge in [0.15, 0.2) is 11.3 Å². The summed E-state index contributed by atoms with van der Waals surface area (Å²) in [6, 6.07) is 6.22. The first-order chi connectivity index (χ1) is 30.0. The third kappa shape index (κ3) is 7.21. The average Bonchev–Trinajstić information content (AvgIpc) is 4.13. The number of likely N-dealkylation sites (tertiary alicyclic amines) is 1. The number of imide groups is 1. The molecule has 0 radical (unpaired) electrons. The number of nitrogens with zero attached hydrogens (tertiary/aromatic N) is 9. The molecule has 5 aliphatic rings. The largest absolute Gasteiger partial charge is 0.378 e. The first-order valence-corrected chi connectivity index (χ1v) is 21.4. The summed E-state index contributed by atoms with van der Waals surface area (Å²) in [5.74, 6) is -0.721. The zero-order valence-electron chi connectivity index (χ0n) is 34.1. The topological polar surface area (TPSA) is 192 Å². The molecule has 2 bridgehead atoms. The number of morpholine rings is 1. The quantitative estimate of drug-likeness (QED) is 0.195. The molecule has 8 heterocycles. The highest BCUT2D eigenvalue weighted by molar-refractivity contribution is 6.08. The van der Waals surface area contributed by atoms with Gasteiger partial charge >= 0.3 is 5.69 Å². The number of fused-ring (bicyclic) bond motifs is 4. The van der Waals surface area contributed by atoms with Gasteiger partial charge in [0.25, 0.3) is 18.2 Å². The summed E-state index contributed by atoms with van der Waals surface area (Å²) in [5, 5.41) is 13.5. The van der Waals surface area contributed by atoms with Crippen LogP contribution in [0.25, 0.3) is 16.7 Å². The van der Waals surface area contributed by atoms with Gasteiger partial charge < -0.3 is 24.6 Å². The number of halogens is 2. The summed E-state index contributed by atoms with van der Waals surface area (Å²) < 4.78 is 46.5. The van der Waals surface area contributed by atoms with Crippen LogP contribution in [0.4, 0.5) is 20.3 Å². The van der Waals surface area contributed by atoms with Crippen molar-refractivity contribution in [2.45, 2.75) is 94.5 Å². The van der Waals surface area contributed by atoms with Crippen LogP contribution in [-0.4, -0.2) is 113 Å². The van der Waals surface area contributed by atoms with Gasteiger partial charge in [-0.05, 0) is 75.5 Å². The molecule has 326 valence electrons. The predicted octanol–water partition coefficient (Wildman–Crippen LogP) is 3.78. The van der Waals surface area contributed by atoms with E-state index in [9.17, 15) is 32.8 Å². The van der Waals surface area contributed by atoms with E-state index < -0.39 is 35.7 Å². The molecule has 20 heteroatoms. The number of carbonyl (C=O) groups is 4. The average molecular weight is 856 g/mol. The number of para-hydroxylation sites is 1. The smallest absolute Gasteiger partial charge is 0.329 e. The van der Waals surface area contributed by atoms with Crippen molar-refractivity contribution in [3.8, 4) is 0 Å². The number of aryl methyl sites for hydroxylation is 1. The summed E-state index contributed by atoms with van der Waals surface area (Å²) in [6.45, 7) is 2.85. The van der Waals surface area contributed by atoms with Crippen LogP contribution >= 0.6 is 0 Å². The number of aromatic nitrogens is 7. The highest BCUT2D eigenvalue weighted by atomic mass is 19.3. The van der Waals surface area contributed by atoms with E-state index in [-0.39, 0.29) is 66.1 Å². The number of nitrogens with one attached hydrogen (secondary N) is 2. The van der Waals surface area contributed by atoms with Crippen LogP contribution in [0, 0.1) is 5.92 Å². The Morgan fingerprint density at radius 3 is 2.55 bits per heavy atom. The highest BCUT2D eigenvalue weighted by Gasteiger charge is 2.40. The maximum absolute atomic E-state index is 14.3. The van der Waals surface area contributed by atoms with Crippen molar-refractivity contribution in [1.82, 2.24) is 43.7 Å². The molecule has 4 aliphatic heterocycles. The lowest BCUT2D eigenvalue weighted by Gasteiger charge is -2.34. The zero-order valence-corrected chi connectivity index (χ0v) is 34.1. The molecule has 18 nitrogen and oxygen atoms in total. The van der Waals surface area contributed by atoms with Gasteiger partial charge in [0.05, 0.1) is 59.4 Å². The minimum absolute atomic E-state index is 0.0312. The number of ether oxygens (including phenoxy) is 2. The first-order valence-electron chi connectivity index (χ1n) is 21.4. The second kappa shape index (κ2) is 16.0. The molecule has 1 saturated carbocycles. The number of imidazole rings is 1. The molecule has 2 N–H and O–H groups in total. The standard InChI is InChI=1S/C42H47F2N11O7/c1-50-36-28(3-2-4-31(36)55(42(50)60)32-9-10-34(56)48-40(32)58)41(59)51-14-11-26(12-15-51)61-21-23-5-7-24(8-6-23)54-20-30(35(49-54)37(43)44)46-39(57)29-18-45-53-16-13-33(47-38(29)53)52-19-27-17-25(52)22-62-27/h2-4,13,16,18,20,23-27,32,37H,5-12,14-15,17,19,21-22H2,1H3,(H,46,57)(H,48,56,58)/t23-,24-,25-,27-,32?/m1/s1. The molecule has 10 rings (SSSR count). The Hall–Kier alpha value is -6.02. The maximum Gasteiger partial charge on any atom is 0.329 e. The Bertz CT molecular complexity index is 2640. The van der Waals surface area contributed by atoms with Crippen molar-refractivity contribution < 1.29 is 37.4 Å². The summed E-state index contributed by atoms with van der Waals surface area (Å²) in [4.78, 5) is 73.8. The number of piperidine rings is 2. The normalized spacial score (nSPS) is 24.5. The minimum Gasteiger partial charge on any atom is -0.378 e. The van der Waals surface area contributed by atoms with E-state index in [4.69, 9.17) is 14.5 Å². The van der Waals surface area contributed by atoms with Crippen molar-refractivity contribution in [2.75, 3.05) is 43.1 Å². The fraction of sp³-hybridized carbons (Fsp3) is 0.524. The number of anilines is 2. The Morgan fingerprint density at radius 1 is 1.02 bits per heavy atom. The molecule has 5 fully saturated rings. The van der Waals surface area contributed by atoms with Crippen molar-refractivity contribution in [1.29, 1.82) is 0 Å². The lowest BCUT2D eigenvalue weighted by atomic mass is 9.86.